The second-order valence-corrected chi connectivity index (χ2v) is 9.40. The number of β-amino-alcohol motifs (C(OH)–C–C–N with tert-alkyl or cyclic N) is 1. The minimum Gasteiger partial charge on any atom is -0.507 e. The number of halogens is 3. The predicted molar refractivity (Wildman–Crippen MR) is 139 cm³/mol. The number of hydrogen-bond donors (Lipinski definition) is 3. The van der Waals surface area contributed by atoms with Crippen LogP contribution in [0.5, 0.6) is 5.75 Å². The zero-order chi connectivity index (χ0) is 28.0. The zero-order valence-corrected chi connectivity index (χ0v) is 21.0. The van der Waals surface area contributed by atoms with E-state index < -0.39 is 35.6 Å². The van der Waals surface area contributed by atoms with Gasteiger partial charge in [-0.2, -0.15) is 18.4 Å². The number of aliphatic hydroxyl groups is 1. The summed E-state index contributed by atoms with van der Waals surface area (Å²) in [7, 11) is 0. The number of nitrogens with one attached hydrogen (secondary N) is 1. The Morgan fingerprint density at radius 2 is 1.77 bits per heavy atom. The SMILES string of the molecule is N#Cc1cccc(-c2ccc(C3(OCC(=O)Nc4ccc(O)c(C(F)(F)F)c4)CCN(CCO)CC3)cc2)c1. The lowest BCUT2D eigenvalue weighted by molar-refractivity contribution is -0.139. The fraction of sp³-hybridized carbons (Fsp3) is 0.310. The molecule has 1 heterocycles. The third kappa shape index (κ3) is 6.75. The molecule has 39 heavy (non-hydrogen) atoms. The number of phenols is 1. The molecule has 3 aromatic carbocycles. The number of alkyl halides is 3. The summed E-state index contributed by atoms with van der Waals surface area (Å²) in [6, 6.07) is 19.8. The molecule has 0 aromatic heterocycles. The molecule has 4 rings (SSSR count). The Morgan fingerprint density at radius 1 is 1.05 bits per heavy atom. The summed E-state index contributed by atoms with van der Waals surface area (Å²) >= 11 is 0. The van der Waals surface area contributed by atoms with E-state index in [2.05, 4.69) is 16.3 Å². The number of amides is 1. The Labute approximate surface area is 224 Å². The summed E-state index contributed by atoms with van der Waals surface area (Å²) in [5, 5.41) is 30.4. The first-order valence-corrected chi connectivity index (χ1v) is 12.4. The summed E-state index contributed by atoms with van der Waals surface area (Å²) < 4.78 is 45.6. The highest BCUT2D eigenvalue weighted by molar-refractivity contribution is 5.92. The van der Waals surface area contributed by atoms with Crippen LogP contribution in [0.15, 0.2) is 66.7 Å². The minimum atomic E-state index is -4.77. The Hall–Kier alpha value is -3.91. The molecular weight excluding hydrogens is 511 g/mol. The van der Waals surface area contributed by atoms with Crippen LogP contribution in [0.25, 0.3) is 11.1 Å². The number of aromatic hydroxyl groups is 1. The summed E-state index contributed by atoms with van der Waals surface area (Å²) in [5.74, 6) is -1.55. The van der Waals surface area contributed by atoms with Gasteiger partial charge in [-0.15, -0.1) is 0 Å². The zero-order valence-electron chi connectivity index (χ0n) is 21.0. The number of piperidine rings is 1. The number of hydrogen-bond acceptors (Lipinski definition) is 6. The van der Waals surface area contributed by atoms with Crippen LogP contribution >= 0.6 is 0 Å². The maximum Gasteiger partial charge on any atom is 0.420 e. The van der Waals surface area contributed by atoms with E-state index in [1.54, 1.807) is 12.1 Å². The van der Waals surface area contributed by atoms with Gasteiger partial charge in [0.05, 0.1) is 29.4 Å². The molecule has 0 aliphatic carbocycles. The summed E-state index contributed by atoms with van der Waals surface area (Å²) in [4.78, 5) is 14.8. The van der Waals surface area contributed by atoms with Crippen molar-refractivity contribution >= 4 is 11.6 Å². The molecule has 0 radical (unpaired) electrons. The van der Waals surface area contributed by atoms with Gasteiger partial charge in [0.15, 0.2) is 0 Å². The van der Waals surface area contributed by atoms with Crippen molar-refractivity contribution < 1.29 is 32.9 Å². The van der Waals surface area contributed by atoms with Gasteiger partial charge in [-0.05, 0) is 59.9 Å². The number of carbonyl (C=O) groups is 1. The van der Waals surface area contributed by atoms with Gasteiger partial charge in [0, 0.05) is 25.3 Å². The molecule has 7 nitrogen and oxygen atoms in total. The Kier molecular flexibility index (Phi) is 8.55. The highest BCUT2D eigenvalue weighted by Crippen LogP contribution is 2.39. The first-order valence-electron chi connectivity index (χ1n) is 12.4. The van der Waals surface area contributed by atoms with Crippen molar-refractivity contribution in [1.29, 1.82) is 5.26 Å². The molecule has 3 N–H and O–H groups in total. The number of likely N-dealkylation sites (tertiary alicyclic amines) is 1. The number of rotatable bonds is 8. The second kappa shape index (κ2) is 11.9. The van der Waals surface area contributed by atoms with Crippen LogP contribution in [0.1, 0.15) is 29.5 Å². The third-order valence-corrected chi connectivity index (χ3v) is 6.88. The van der Waals surface area contributed by atoms with Crippen molar-refractivity contribution in [3.8, 4) is 22.9 Å². The average molecular weight is 540 g/mol. The highest BCUT2D eigenvalue weighted by Gasteiger charge is 2.38. The van der Waals surface area contributed by atoms with E-state index in [0.29, 0.717) is 44.1 Å². The van der Waals surface area contributed by atoms with Crippen LogP contribution in [0.4, 0.5) is 18.9 Å². The van der Waals surface area contributed by atoms with Gasteiger partial charge >= 0.3 is 6.18 Å². The van der Waals surface area contributed by atoms with E-state index in [1.165, 1.54) is 6.07 Å². The molecular formula is C29H28F3N3O4. The lowest BCUT2D eigenvalue weighted by atomic mass is 9.83. The van der Waals surface area contributed by atoms with E-state index in [0.717, 1.165) is 22.8 Å². The van der Waals surface area contributed by atoms with Gasteiger partial charge in [0.1, 0.15) is 12.4 Å². The molecule has 3 aromatic rings. The Balaban J connectivity index is 1.52. The van der Waals surface area contributed by atoms with Crippen molar-refractivity contribution in [2.24, 2.45) is 0 Å². The van der Waals surface area contributed by atoms with E-state index in [4.69, 9.17) is 4.74 Å². The predicted octanol–water partition coefficient (Wildman–Crippen LogP) is 4.89. The Morgan fingerprint density at radius 3 is 2.41 bits per heavy atom. The topological polar surface area (TPSA) is 106 Å². The molecule has 1 aliphatic heterocycles. The van der Waals surface area contributed by atoms with Gasteiger partial charge in [0.2, 0.25) is 5.91 Å². The monoisotopic (exact) mass is 539 g/mol. The lowest BCUT2D eigenvalue weighted by Gasteiger charge is -2.42. The number of nitriles is 1. The first-order chi connectivity index (χ1) is 18.6. The van der Waals surface area contributed by atoms with Crippen molar-refractivity contribution in [2.45, 2.75) is 24.6 Å². The minimum absolute atomic E-state index is 0.0270. The molecule has 0 atom stereocenters. The average Bonchev–Trinajstić information content (AvgIpc) is 2.93. The fourth-order valence-corrected chi connectivity index (χ4v) is 4.77. The molecule has 1 saturated heterocycles. The summed E-state index contributed by atoms with van der Waals surface area (Å²) in [6.45, 7) is 1.41. The molecule has 0 unspecified atom stereocenters. The van der Waals surface area contributed by atoms with Gasteiger partial charge in [-0.1, -0.05) is 36.4 Å². The third-order valence-electron chi connectivity index (χ3n) is 6.88. The van der Waals surface area contributed by atoms with Crippen LogP contribution < -0.4 is 5.32 Å². The number of benzene rings is 3. The highest BCUT2D eigenvalue weighted by atomic mass is 19.4. The lowest BCUT2D eigenvalue weighted by Crippen LogP contribution is -2.46. The van der Waals surface area contributed by atoms with E-state index in [9.17, 15) is 33.4 Å². The molecule has 10 heteroatoms. The molecule has 1 fully saturated rings. The van der Waals surface area contributed by atoms with Gasteiger partial charge in [0.25, 0.3) is 0 Å². The van der Waals surface area contributed by atoms with E-state index in [-0.39, 0.29) is 12.3 Å². The Bertz CT molecular complexity index is 1350. The van der Waals surface area contributed by atoms with Crippen molar-refractivity contribution in [2.75, 3.05) is 38.2 Å². The van der Waals surface area contributed by atoms with Crippen LogP contribution in [0, 0.1) is 11.3 Å². The first kappa shape index (κ1) is 28.1. The standard InChI is InChI=1S/C29H28F3N3O4/c30-29(31,32)25-17-24(8-9-26(25)37)34-27(38)19-39-28(10-12-35(13-11-28)14-15-36)23-6-4-21(5-7-23)22-3-1-2-20(16-22)18-33/h1-9,16-17,36-37H,10-15,19H2,(H,34,38). The van der Waals surface area contributed by atoms with Gasteiger partial charge in [-0.25, -0.2) is 0 Å². The normalized spacial score (nSPS) is 15.5. The summed E-state index contributed by atoms with van der Waals surface area (Å²) in [6.07, 6.45) is -3.68. The molecule has 0 bridgehead atoms. The van der Waals surface area contributed by atoms with Crippen molar-refractivity contribution in [1.82, 2.24) is 4.90 Å². The molecule has 0 spiro atoms. The quantitative estimate of drug-likeness (QED) is 0.352. The molecule has 204 valence electrons. The van der Waals surface area contributed by atoms with Crippen molar-refractivity contribution in [3.63, 3.8) is 0 Å². The largest absolute Gasteiger partial charge is 0.507 e. The van der Waals surface area contributed by atoms with Crippen LogP contribution in [0.2, 0.25) is 0 Å². The van der Waals surface area contributed by atoms with Crippen LogP contribution in [-0.4, -0.2) is 53.9 Å². The maximum absolute atomic E-state index is 13.1. The number of aliphatic hydroxyl groups excluding tert-OH is 1. The molecule has 1 aliphatic rings. The van der Waals surface area contributed by atoms with E-state index >= 15 is 0 Å². The number of nitrogens with zero attached hydrogens (tertiary/aromatic N) is 2. The summed E-state index contributed by atoms with van der Waals surface area (Å²) in [5.41, 5.74) is 1.04. The fourth-order valence-electron chi connectivity index (χ4n) is 4.77. The number of phenolic OH excluding ortho intramolecular Hbond substituents is 1. The smallest absolute Gasteiger partial charge is 0.420 e. The van der Waals surface area contributed by atoms with Gasteiger partial charge in [-0.3, -0.25) is 4.79 Å². The second-order valence-electron chi connectivity index (χ2n) is 9.40. The molecule has 0 saturated carbocycles. The van der Waals surface area contributed by atoms with Gasteiger partial charge < -0.3 is 25.2 Å². The number of ether oxygens (including phenoxy) is 1. The number of carbonyl (C=O) groups excluding carboxylic acids is 1. The number of anilines is 1. The maximum atomic E-state index is 13.1. The van der Waals surface area contributed by atoms with Crippen LogP contribution in [-0.2, 0) is 21.3 Å². The van der Waals surface area contributed by atoms with E-state index in [1.807, 2.05) is 36.4 Å². The van der Waals surface area contributed by atoms with Crippen molar-refractivity contribution in [3.05, 3.63) is 83.4 Å². The molecule has 1 amide bonds. The van der Waals surface area contributed by atoms with Crippen LogP contribution in [0.3, 0.4) is 0 Å².